The smallest absolute Gasteiger partial charge is 0.255 e. The molecule has 0 unspecified atom stereocenters. The van der Waals surface area contributed by atoms with Crippen molar-refractivity contribution in [2.45, 2.75) is 0 Å². The summed E-state index contributed by atoms with van der Waals surface area (Å²) in [6, 6.07) is 21.9. The Morgan fingerprint density at radius 1 is 0.826 bits per heavy atom. The minimum Gasteiger partial charge on any atom is -0.457 e. The van der Waals surface area contributed by atoms with Crippen LogP contribution in [0.25, 0.3) is 0 Å². The molecule has 3 aromatic rings. The summed E-state index contributed by atoms with van der Waals surface area (Å²) in [5.74, 6) is 0.524. The van der Waals surface area contributed by atoms with Gasteiger partial charge < -0.3 is 10.1 Å². The molecule has 3 rings (SSSR count). The number of halogens is 1. The molecular formula is C19H14FNO2. The predicted molar refractivity (Wildman–Crippen MR) is 87.3 cm³/mol. The van der Waals surface area contributed by atoms with Crippen LogP contribution in [0.1, 0.15) is 10.4 Å². The van der Waals surface area contributed by atoms with Gasteiger partial charge in [-0.3, -0.25) is 4.79 Å². The van der Waals surface area contributed by atoms with E-state index in [1.165, 1.54) is 12.1 Å². The highest BCUT2D eigenvalue weighted by molar-refractivity contribution is 6.04. The van der Waals surface area contributed by atoms with Crippen molar-refractivity contribution in [2.75, 3.05) is 5.32 Å². The summed E-state index contributed by atoms with van der Waals surface area (Å²) in [5, 5.41) is 2.66. The zero-order valence-electron chi connectivity index (χ0n) is 12.2. The van der Waals surface area contributed by atoms with Crippen molar-refractivity contribution in [1.82, 2.24) is 0 Å². The van der Waals surface area contributed by atoms with Crippen molar-refractivity contribution in [1.29, 1.82) is 0 Å². The second kappa shape index (κ2) is 6.75. The highest BCUT2D eigenvalue weighted by Gasteiger charge is 2.08. The number of amides is 1. The van der Waals surface area contributed by atoms with Gasteiger partial charge in [0.1, 0.15) is 17.3 Å². The van der Waals surface area contributed by atoms with E-state index >= 15 is 0 Å². The summed E-state index contributed by atoms with van der Waals surface area (Å²) >= 11 is 0. The van der Waals surface area contributed by atoms with Gasteiger partial charge in [0.05, 0.1) is 0 Å². The number of para-hydroxylation sites is 1. The minimum absolute atomic E-state index is 0.325. The lowest BCUT2D eigenvalue weighted by Crippen LogP contribution is -2.11. The zero-order chi connectivity index (χ0) is 16.1. The van der Waals surface area contributed by atoms with Gasteiger partial charge in [-0.2, -0.15) is 0 Å². The molecule has 114 valence electrons. The van der Waals surface area contributed by atoms with Crippen LogP contribution >= 0.6 is 0 Å². The van der Waals surface area contributed by atoms with Crippen molar-refractivity contribution in [3.05, 3.63) is 90.2 Å². The molecule has 0 aliphatic carbocycles. The Kier molecular flexibility index (Phi) is 4.34. The third-order valence-corrected chi connectivity index (χ3v) is 3.16. The summed E-state index contributed by atoms with van der Waals surface area (Å²) in [6.45, 7) is 0. The molecule has 3 aromatic carbocycles. The highest BCUT2D eigenvalue weighted by Crippen LogP contribution is 2.22. The van der Waals surface area contributed by atoms with E-state index in [4.69, 9.17) is 4.74 Å². The molecule has 0 fully saturated rings. The lowest BCUT2D eigenvalue weighted by Gasteiger charge is -2.08. The fraction of sp³-hybridized carbons (Fsp3) is 0. The average molecular weight is 307 g/mol. The Labute approximate surface area is 133 Å². The van der Waals surface area contributed by atoms with Crippen LogP contribution in [-0.4, -0.2) is 5.91 Å². The summed E-state index contributed by atoms with van der Waals surface area (Å²) in [6.07, 6.45) is 0. The standard InChI is InChI=1S/C19H14FNO2/c20-15-7-5-8-16(13-15)21-19(22)14-6-4-11-18(12-14)23-17-9-2-1-3-10-17/h1-13H,(H,21,22). The maximum absolute atomic E-state index is 13.2. The number of rotatable bonds is 4. The van der Waals surface area contributed by atoms with Crippen LogP contribution < -0.4 is 10.1 Å². The maximum atomic E-state index is 13.2. The number of nitrogens with one attached hydrogen (secondary N) is 1. The van der Waals surface area contributed by atoms with Crippen LogP contribution in [0, 0.1) is 5.82 Å². The zero-order valence-corrected chi connectivity index (χ0v) is 12.2. The van der Waals surface area contributed by atoms with Crippen molar-refractivity contribution >= 4 is 11.6 Å². The summed E-state index contributed by atoms with van der Waals surface area (Å²) in [4.78, 5) is 12.2. The molecule has 0 radical (unpaired) electrons. The highest BCUT2D eigenvalue weighted by atomic mass is 19.1. The topological polar surface area (TPSA) is 38.3 Å². The third kappa shape index (κ3) is 3.95. The molecule has 0 atom stereocenters. The van der Waals surface area contributed by atoms with E-state index in [0.717, 1.165) is 0 Å². The lowest BCUT2D eigenvalue weighted by atomic mass is 10.2. The van der Waals surface area contributed by atoms with Crippen molar-refractivity contribution in [2.24, 2.45) is 0 Å². The molecule has 0 heterocycles. The molecule has 0 bridgehead atoms. The van der Waals surface area contributed by atoms with Crippen molar-refractivity contribution in [3.8, 4) is 11.5 Å². The number of hydrogen-bond donors (Lipinski definition) is 1. The molecule has 3 nitrogen and oxygen atoms in total. The quantitative estimate of drug-likeness (QED) is 0.746. The predicted octanol–water partition coefficient (Wildman–Crippen LogP) is 4.87. The van der Waals surface area contributed by atoms with Gasteiger partial charge in [0, 0.05) is 11.3 Å². The Morgan fingerprint density at radius 2 is 1.57 bits per heavy atom. The Balaban J connectivity index is 1.75. The van der Waals surface area contributed by atoms with Gasteiger partial charge in [-0.15, -0.1) is 0 Å². The molecule has 0 spiro atoms. The van der Waals surface area contributed by atoms with E-state index in [-0.39, 0.29) is 5.91 Å². The maximum Gasteiger partial charge on any atom is 0.255 e. The van der Waals surface area contributed by atoms with E-state index in [1.807, 2.05) is 30.3 Å². The van der Waals surface area contributed by atoms with Gasteiger partial charge in [-0.1, -0.05) is 30.3 Å². The van der Waals surface area contributed by atoms with Crippen LogP contribution in [-0.2, 0) is 0 Å². The fourth-order valence-corrected chi connectivity index (χ4v) is 2.09. The molecule has 0 saturated carbocycles. The number of carbonyl (C=O) groups is 1. The summed E-state index contributed by atoms with van der Waals surface area (Å²) < 4.78 is 18.9. The first kappa shape index (κ1) is 14.8. The second-order valence-electron chi connectivity index (χ2n) is 4.91. The van der Waals surface area contributed by atoms with Crippen molar-refractivity contribution < 1.29 is 13.9 Å². The van der Waals surface area contributed by atoms with Gasteiger partial charge in [0.15, 0.2) is 0 Å². The summed E-state index contributed by atoms with van der Waals surface area (Å²) in [7, 11) is 0. The third-order valence-electron chi connectivity index (χ3n) is 3.16. The largest absolute Gasteiger partial charge is 0.457 e. The van der Waals surface area contributed by atoms with Gasteiger partial charge in [-0.25, -0.2) is 4.39 Å². The van der Waals surface area contributed by atoms with E-state index in [9.17, 15) is 9.18 Å². The lowest BCUT2D eigenvalue weighted by molar-refractivity contribution is 0.102. The molecule has 1 amide bonds. The molecule has 0 saturated heterocycles. The Morgan fingerprint density at radius 3 is 2.35 bits per heavy atom. The van der Waals surface area contributed by atoms with Gasteiger partial charge in [0.25, 0.3) is 5.91 Å². The molecule has 0 aliphatic rings. The normalized spacial score (nSPS) is 10.1. The number of anilines is 1. The molecule has 0 aromatic heterocycles. The molecule has 1 N–H and O–H groups in total. The van der Waals surface area contributed by atoms with Gasteiger partial charge in [-0.05, 0) is 48.5 Å². The molecule has 23 heavy (non-hydrogen) atoms. The fourth-order valence-electron chi connectivity index (χ4n) is 2.09. The minimum atomic E-state index is -0.399. The Bertz CT molecular complexity index is 818. The second-order valence-corrected chi connectivity index (χ2v) is 4.91. The van der Waals surface area contributed by atoms with E-state index < -0.39 is 5.82 Å². The van der Waals surface area contributed by atoms with Crippen LogP contribution in [0.5, 0.6) is 11.5 Å². The first-order valence-corrected chi connectivity index (χ1v) is 7.10. The SMILES string of the molecule is O=C(Nc1cccc(F)c1)c1cccc(Oc2ccccc2)c1. The first-order chi connectivity index (χ1) is 11.2. The van der Waals surface area contributed by atoms with Gasteiger partial charge in [0.2, 0.25) is 0 Å². The number of carbonyl (C=O) groups excluding carboxylic acids is 1. The van der Waals surface area contributed by atoms with E-state index in [1.54, 1.807) is 36.4 Å². The Hall–Kier alpha value is -3.14. The summed E-state index contributed by atoms with van der Waals surface area (Å²) in [5.41, 5.74) is 0.840. The molecule has 4 heteroatoms. The number of ether oxygens (including phenoxy) is 1. The van der Waals surface area contributed by atoms with Gasteiger partial charge >= 0.3 is 0 Å². The van der Waals surface area contributed by atoms with Crippen LogP contribution in [0.2, 0.25) is 0 Å². The average Bonchev–Trinajstić information content (AvgIpc) is 2.56. The van der Waals surface area contributed by atoms with Crippen molar-refractivity contribution in [3.63, 3.8) is 0 Å². The first-order valence-electron chi connectivity index (χ1n) is 7.10. The van der Waals surface area contributed by atoms with Crippen LogP contribution in [0.3, 0.4) is 0 Å². The number of benzene rings is 3. The van der Waals surface area contributed by atoms with E-state index in [2.05, 4.69) is 5.32 Å². The van der Waals surface area contributed by atoms with Crippen LogP contribution in [0.15, 0.2) is 78.9 Å². The van der Waals surface area contributed by atoms with Crippen LogP contribution in [0.4, 0.5) is 10.1 Å². The molecular weight excluding hydrogens is 293 g/mol. The monoisotopic (exact) mass is 307 g/mol. The molecule has 0 aliphatic heterocycles. The number of hydrogen-bond acceptors (Lipinski definition) is 2. The van der Waals surface area contributed by atoms with E-state index in [0.29, 0.717) is 22.7 Å².